The lowest BCUT2D eigenvalue weighted by molar-refractivity contribution is -0.135. The second-order valence-corrected chi connectivity index (χ2v) is 5.25. The molecule has 0 bridgehead atoms. The van der Waals surface area contributed by atoms with Crippen molar-refractivity contribution >= 4 is 28.7 Å². The molecule has 1 aromatic heterocycles. The zero-order valence-electron chi connectivity index (χ0n) is 13.1. The Bertz CT molecular complexity index is 972. The van der Waals surface area contributed by atoms with Crippen molar-refractivity contribution in [2.75, 3.05) is 11.9 Å². The summed E-state index contributed by atoms with van der Waals surface area (Å²) >= 11 is 0. The van der Waals surface area contributed by atoms with E-state index < -0.39 is 24.2 Å². The van der Waals surface area contributed by atoms with E-state index in [1.165, 1.54) is 4.57 Å². The minimum Gasteiger partial charge on any atom is -0.480 e. The molecule has 0 saturated heterocycles. The van der Waals surface area contributed by atoms with Gasteiger partial charge in [0.25, 0.3) is 5.91 Å². The van der Waals surface area contributed by atoms with Crippen LogP contribution < -0.4 is 16.4 Å². The van der Waals surface area contributed by atoms with Gasteiger partial charge in [-0.15, -0.1) is 0 Å². The molecule has 0 spiro atoms. The van der Waals surface area contributed by atoms with Crippen LogP contribution in [0.3, 0.4) is 0 Å². The van der Waals surface area contributed by atoms with Gasteiger partial charge in [-0.3, -0.25) is 14.2 Å². The average molecular weight is 341 g/mol. The Labute approximate surface area is 141 Å². The Morgan fingerprint density at radius 3 is 2.52 bits per heavy atom. The SMILES string of the molecule is O=C(O)CNC(=O)c1ccc(NCn2c(=O)oc3ccccc32)cc1. The highest BCUT2D eigenvalue weighted by molar-refractivity contribution is 5.96. The third-order valence-corrected chi connectivity index (χ3v) is 3.56. The van der Waals surface area contributed by atoms with Gasteiger partial charge in [0.05, 0.1) is 12.2 Å². The number of fused-ring (bicyclic) bond motifs is 1. The lowest BCUT2D eigenvalue weighted by Crippen LogP contribution is -2.29. The van der Waals surface area contributed by atoms with Gasteiger partial charge in [-0.25, -0.2) is 4.79 Å². The molecule has 2 aromatic carbocycles. The van der Waals surface area contributed by atoms with Crippen LogP contribution in [0.1, 0.15) is 10.4 Å². The molecular weight excluding hydrogens is 326 g/mol. The van der Waals surface area contributed by atoms with Crippen molar-refractivity contribution in [3.05, 3.63) is 64.6 Å². The molecule has 3 rings (SSSR count). The first-order valence-electron chi connectivity index (χ1n) is 7.47. The maximum Gasteiger partial charge on any atom is 0.421 e. The minimum absolute atomic E-state index is 0.209. The molecule has 0 fully saturated rings. The zero-order chi connectivity index (χ0) is 17.8. The van der Waals surface area contributed by atoms with Crippen molar-refractivity contribution in [1.29, 1.82) is 0 Å². The predicted octanol–water partition coefficient (Wildman–Crippen LogP) is 1.48. The van der Waals surface area contributed by atoms with E-state index in [1.807, 2.05) is 6.07 Å². The lowest BCUT2D eigenvalue weighted by atomic mass is 10.2. The fraction of sp³-hybridized carbons (Fsp3) is 0.118. The Hall–Kier alpha value is -3.55. The Morgan fingerprint density at radius 1 is 1.08 bits per heavy atom. The van der Waals surface area contributed by atoms with E-state index in [0.29, 0.717) is 22.4 Å². The van der Waals surface area contributed by atoms with Gasteiger partial charge >= 0.3 is 11.7 Å². The van der Waals surface area contributed by atoms with Crippen molar-refractivity contribution in [3.8, 4) is 0 Å². The maximum atomic E-state index is 11.9. The number of carbonyl (C=O) groups excluding carboxylic acids is 1. The molecule has 0 saturated carbocycles. The van der Waals surface area contributed by atoms with Crippen LogP contribution in [0.4, 0.5) is 5.69 Å². The molecule has 0 radical (unpaired) electrons. The fourth-order valence-corrected chi connectivity index (χ4v) is 2.33. The number of para-hydroxylation sites is 2. The van der Waals surface area contributed by atoms with E-state index in [-0.39, 0.29) is 6.67 Å². The second kappa shape index (κ2) is 6.91. The number of hydrogen-bond acceptors (Lipinski definition) is 5. The summed E-state index contributed by atoms with van der Waals surface area (Å²) in [4.78, 5) is 34.1. The van der Waals surface area contributed by atoms with Crippen LogP contribution >= 0.6 is 0 Å². The number of anilines is 1. The first-order valence-corrected chi connectivity index (χ1v) is 7.47. The Morgan fingerprint density at radius 2 is 1.80 bits per heavy atom. The van der Waals surface area contributed by atoms with Gasteiger partial charge in [-0.2, -0.15) is 0 Å². The second-order valence-electron chi connectivity index (χ2n) is 5.25. The molecule has 3 aromatic rings. The molecule has 0 aliphatic carbocycles. The molecule has 128 valence electrons. The van der Waals surface area contributed by atoms with Crippen molar-refractivity contribution in [2.45, 2.75) is 6.67 Å². The van der Waals surface area contributed by atoms with E-state index in [4.69, 9.17) is 9.52 Å². The third-order valence-electron chi connectivity index (χ3n) is 3.56. The van der Waals surface area contributed by atoms with Crippen LogP contribution in [0.2, 0.25) is 0 Å². The lowest BCUT2D eigenvalue weighted by Gasteiger charge is -2.08. The molecular formula is C17H15N3O5. The van der Waals surface area contributed by atoms with E-state index in [9.17, 15) is 14.4 Å². The number of carboxylic acid groups (broad SMARTS) is 1. The molecule has 0 aliphatic rings. The minimum atomic E-state index is -1.11. The molecule has 1 heterocycles. The molecule has 8 nitrogen and oxygen atoms in total. The topological polar surface area (TPSA) is 114 Å². The van der Waals surface area contributed by atoms with Crippen LogP contribution in [0, 0.1) is 0 Å². The number of benzene rings is 2. The predicted molar refractivity (Wildman–Crippen MR) is 90.5 cm³/mol. The number of nitrogens with one attached hydrogen (secondary N) is 2. The summed E-state index contributed by atoms with van der Waals surface area (Å²) in [5, 5.41) is 13.9. The van der Waals surface area contributed by atoms with Gasteiger partial charge in [0.2, 0.25) is 0 Å². The average Bonchev–Trinajstić information content (AvgIpc) is 2.93. The summed E-state index contributed by atoms with van der Waals surface area (Å²) in [7, 11) is 0. The van der Waals surface area contributed by atoms with Gasteiger partial charge in [-0.05, 0) is 36.4 Å². The van der Waals surface area contributed by atoms with Crippen molar-refractivity contribution in [2.24, 2.45) is 0 Å². The van der Waals surface area contributed by atoms with Crippen LogP contribution in [-0.2, 0) is 11.5 Å². The molecule has 8 heteroatoms. The summed E-state index contributed by atoms with van der Waals surface area (Å²) in [5.41, 5.74) is 2.24. The highest BCUT2D eigenvalue weighted by Gasteiger charge is 2.09. The number of aromatic nitrogens is 1. The number of aliphatic carboxylic acids is 1. The van der Waals surface area contributed by atoms with Crippen molar-refractivity contribution in [3.63, 3.8) is 0 Å². The van der Waals surface area contributed by atoms with Gasteiger partial charge < -0.3 is 20.2 Å². The van der Waals surface area contributed by atoms with Crippen molar-refractivity contribution < 1.29 is 19.1 Å². The number of oxazole rings is 1. The summed E-state index contributed by atoms with van der Waals surface area (Å²) in [6, 6.07) is 13.6. The molecule has 0 atom stereocenters. The highest BCUT2D eigenvalue weighted by atomic mass is 16.4. The molecule has 0 aliphatic heterocycles. The fourth-order valence-electron chi connectivity index (χ4n) is 2.33. The molecule has 1 amide bonds. The van der Waals surface area contributed by atoms with Crippen LogP contribution in [0.5, 0.6) is 0 Å². The van der Waals surface area contributed by atoms with Crippen LogP contribution in [-0.4, -0.2) is 28.1 Å². The maximum absolute atomic E-state index is 11.9. The third kappa shape index (κ3) is 3.69. The van der Waals surface area contributed by atoms with E-state index in [2.05, 4.69) is 10.6 Å². The Kier molecular flexibility index (Phi) is 4.51. The standard InChI is InChI=1S/C17H15N3O5/c21-15(22)9-18-16(23)11-5-7-12(8-6-11)19-10-20-13-3-1-2-4-14(13)25-17(20)24/h1-8,19H,9-10H2,(H,18,23)(H,21,22). The number of amides is 1. The van der Waals surface area contributed by atoms with Gasteiger partial charge in [-0.1, -0.05) is 12.1 Å². The van der Waals surface area contributed by atoms with E-state index in [1.54, 1.807) is 42.5 Å². The highest BCUT2D eigenvalue weighted by Crippen LogP contribution is 2.13. The number of carbonyl (C=O) groups is 2. The van der Waals surface area contributed by atoms with Crippen molar-refractivity contribution in [1.82, 2.24) is 9.88 Å². The molecule has 25 heavy (non-hydrogen) atoms. The largest absolute Gasteiger partial charge is 0.480 e. The quantitative estimate of drug-likeness (QED) is 0.626. The van der Waals surface area contributed by atoms with Crippen LogP contribution in [0.25, 0.3) is 11.1 Å². The summed E-state index contributed by atoms with van der Waals surface area (Å²) < 4.78 is 6.61. The number of rotatable bonds is 6. The number of carboxylic acids is 1. The summed E-state index contributed by atoms with van der Waals surface area (Å²) in [6.07, 6.45) is 0. The van der Waals surface area contributed by atoms with Gasteiger partial charge in [0, 0.05) is 11.3 Å². The first-order chi connectivity index (χ1) is 12.0. The number of nitrogens with zero attached hydrogens (tertiary/aromatic N) is 1. The monoisotopic (exact) mass is 341 g/mol. The molecule has 0 unspecified atom stereocenters. The van der Waals surface area contributed by atoms with Crippen LogP contribution in [0.15, 0.2) is 57.7 Å². The van der Waals surface area contributed by atoms with Gasteiger partial charge in [0.15, 0.2) is 5.58 Å². The summed E-state index contributed by atoms with van der Waals surface area (Å²) in [5.74, 6) is -2.03. The normalized spacial score (nSPS) is 10.6. The molecule has 3 N–H and O–H groups in total. The summed E-state index contributed by atoms with van der Waals surface area (Å²) in [6.45, 7) is -0.226. The van der Waals surface area contributed by atoms with Gasteiger partial charge in [0.1, 0.15) is 6.54 Å². The Balaban J connectivity index is 1.67. The number of hydrogen-bond donors (Lipinski definition) is 3. The van der Waals surface area contributed by atoms with E-state index >= 15 is 0 Å². The first kappa shape index (κ1) is 16.3. The smallest absolute Gasteiger partial charge is 0.421 e. The van der Waals surface area contributed by atoms with E-state index in [0.717, 1.165) is 0 Å². The zero-order valence-corrected chi connectivity index (χ0v) is 13.1.